The van der Waals surface area contributed by atoms with Crippen LogP contribution in [0.5, 0.6) is 5.75 Å². The van der Waals surface area contributed by atoms with Crippen LogP contribution in [-0.4, -0.2) is 24.5 Å². The number of carbonyl (C=O) groups excluding carboxylic acids is 1. The molecular weight excluding hydrogens is 268 g/mol. The molecule has 5 nitrogen and oxygen atoms in total. The molecule has 1 heterocycles. The Morgan fingerprint density at radius 1 is 1.24 bits per heavy atom. The van der Waals surface area contributed by atoms with Gasteiger partial charge in [-0.1, -0.05) is 12.1 Å². The van der Waals surface area contributed by atoms with E-state index in [9.17, 15) is 9.59 Å². The summed E-state index contributed by atoms with van der Waals surface area (Å²) in [5, 5.41) is 2.81. The van der Waals surface area contributed by atoms with Gasteiger partial charge in [-0.3, -0.25) is 9.59 Å². The van der Waals surface area contributed by atoms with E-state index in [4.69, 9.17) is 4.74 Å². The standard InChI is InChI=1S/C16H18N2O3/c1-11-9-13(10-15(19)18-11)16(20)17-8-7-12-3-5-14(21-2)6-4-12/h3-6,9-10H,7-8H2,1-2H3,(H,17,20)(H,18,19). The third-order valence-corrected chi connectivity index (χ3v) is 3.10. The normalized spacial score (nSPS) is 10.2. The van der Waals surface area contributed by atoms with Crippen LogP contribution in [0.15, 0.2) is 41.2 Å². The molecule has 0 aliphatic carbocycles. The van der Waals surface area contributed by atoms with Gasteiger partial charge in [0.2, 0.25) is 5.56 Å². The van der Waals surface area contributed by atoms with Crippen molar-refractivity contribution >= 4 is 5.91 Å². The molecule has 2 rings (SSSR count). The summed E-state index contributed by atoms with van der Waals surface area (Å²) in [5.41, 5.74) is 1.89. The minimum atomic E-state index is -0.268. The molecule has 0 saturated carbocycles. The van der Waals surface area contributed by atoms with Crippen LogP contribution in [-0.2, 0) is 6.42 Å². The van der Waals surface area contributed by atoms with Gasteiger partial charge >= 0.3 is 0 Å². The maximum Gasteiger partial charge on any atom is 0.251 e. The lowest BCUT2D eigenvalue weighted by Gasteiger charge is -2.06. The zero-order chi connectivity index (χ0) is 15.2. The van der Waals surface area contributed by atoms with Gasteiger partial charge < -0.3 is 15.0 Å². The number of amides is 1. The van der Waals surface area contributed by atoms with Gasteiger partial charge in [-0.2, -0.15) is 0 Å². The first-order chi connectivity index (χ1) is 10.1. The van der Waals surface area contributed by atoms with Crippen LogP contribution >= 0.6 is 0 Å². The molecule has 0 unspecified atom stereocenters. The maximum atomic E-state index is 12.0. The highest BCUT2D eigenvalue weighted by Gasteiger charge is 2.06. The van der Waals surface area contributed by atoms with Crippen molar-refractivity contribution in [2.75, 3.05) is 13.7 Å². The summed E-state index contributed by atoms with van der Waals surface area (Å²) < 4.78 is 5.09. The minimum Gasteiger partial charge on any atom is -0.497 e. The minimum absolute atomic E-state index is 0.238. The Labute approximate surface area is 123 Å². The number of rotatable bonds is 5. The first-order valence-electron chi connectivity index (χ1n) is 6.70. The van der Waals surface area contributed by atoms with Gasteiger partial charge in [0.1, 0.15) is 5.75 Å². The molecule has 110 valence electrons. The molecule has 2 N–H and O–H groups in total. The van der Waals surface area contributed by atoms with Crippen LogP contribution in [0.4, 0.5) is 0 Å². The van der Waals surface area contributed by atoms with E-state index in [1.807, 2.05) is 24.3 Å². The van der Waals surface area contributed by atoms with Crippen LogP contribution < -0.4 is 15.6 Å². The van der Waals surface area contributed by atoms with Crippen molar-refractivity contribution in [3.63, 3.8) is 0 Å². The molecule has 2 aromatic rings. The molecule has 0 saturated heterocycles. The van der Waals surface area contributed by atoms with Gasteiger partial charge in [0.25, 0.3) is 5.91 Å². The fourth-order valence-corrected chi connectivity index (χ4v) is 2.03. The summed E-state index contributed by atoms with van der Waals surface area (Å²) >= 11 is 0. The molecule has 0 atom stereocenters. The highest BCUT2D eigenvalue weighted by molar-refractivity contribution is 5.94. The number of H-pyrrole nitrogens is 1. The molecule has 1 amide bonds. The van der Waals surface area contributed by atoms with E-state index >= 15 is 0 Å². The highest BCUT2D eigenvalue weighted by atomic mass is 16.5. The van der Waals surface area contributed by atoms with Crippen LogP contribution in [0.25, 0.3) is 0 Å². The Morgan fingerprint density at radius 3 is 2.57 bits per heavy atom. The summed E-state index contributed by atoms with van der Waals surface area (Å²) in [5.74, 6) is 0.569. The zero-order valence-electron chi connectivity index (χ0n) is 12.1. The topological polar surface area (TPSA) is 71.2 Å². The number of hydrogen-bond donors (Lipinski definition) is 2. The van der Waals surface area contributed by atoms with E-state index in [1.54, 1.807) is 20.1 Å². The van der Waals surface area contributed by atoms with Gasteiger partial charge in [0.05, 0.1) is 7.11 Å². The van der Waals surface area contributed by atoms with E-state index in [0.29, 0.717) is 17.8 Å². The Morgan fingerprint density at radius 2 is 1.95 bits per heavy atom. The average Bonchev–Trinajstić information content (AvgIpc) is 2.47. The van der Waals surface area contributed by atoms with Crippen molar-refractivity contribution in [2.24, 2.45) is 0 Å². The molecule has 0 bridgehead atoms. The number of benzene rings is 1. The maximum absolute atomic E-state index is 12.0. The molecule has 0 fully saturated rings. The first-order valence-corrected chi connectivity index (χ1v) is 6.70. The molecular formula is C16H18N2O3. The van der Waals surface area contributed by atoms with Crippen molar-refractivity contribution in [1.82, 2.24) is 10.3 Å². The number of nitrogens with one attached hydrogen (secondary N) is 2. The van der Waals surface area contributed by atoms with Crippen molar-refractivity contribution < 1.29 is 9.53 Å². The number of carbonyl (C=O) groups is 1. The second-order valence-corrected chi connectivity index (χ2v) is 4.77. The van der Waals surface area contributed by atoms with E-state index in [-0.39, 0.29) is 11.5 Å². The Balaban J connectivity index is 1.90. The lowest BCUT2D eigenvalue weighted by atomic mass is 10.1. The van der Waals surface area contributed by atoms with Crippen molar-refractivity contribution in [1.29, 1.82) is 0 Å². The first kappa shape index (κ1) is 14.8. The summed E-state index contributed by atoms with van der Waals surface area (Å²) in [6.45, 7) is 2.26. The lowest BCUT2D eigenvalue weighted by Crippen LogP contribution is -2.27. The van der Waals surface area contributed by atoms with Crippen LogP contribution in [0, 0.1) is 6.92 Å². The molecule has 0 spiro atoms. The number of methoxy groups -OCH3 is 1. The molecule has 1 aromatic carbocycles. The highest BCUT2D eigenvalue weighted by Crippen LogP contribution is 2.11. The van der Waals surface area contributed by atoms with Crippen LogP contribution in [0.3, 0.4) is 0 Å². The SMILES string of the molecule is COc1ccc(CCNC(=O)c2cc(C)[nH]c(=O)c2)cc1. The monoisotopic (exact) mass is 286 g/mol. The molecule has 21 heavy (non-hydrogen) atoms. The van der Waals surface area contributed by atoms with Gasteiger partial charge in [0.15, 0.2) is 0 Å². The number of aromatic amines is 1. The fraction of sp³-hybridized carbons (Fsp3) is 0.250. The Hall–Kier alpha value is -2.56. The summed E-state index contributed by atoms with van der Waals surface area (Å²) in [6, 6.07) is 10.7. The molecule has 0 radical (unpaired) electrons. The molecule has 0 aliphatic rings. The number of pyridine rings is 1. The Kier molecular flexibility index (Phi) is 4.77. The number of hydrogen-bond acceptors (Lipinski definition) is 3. The van der Waals surface area contributed by atoms with Gasteiger partial charge in [-0.15, -0.1) is 0 Å². The average molecular weight is 286 g/mol. The van der Waals surface area contributed by atoms with Crippen molar-refractivity contribution in [3.05, 3.63) is 63.6 Å². The van der Waals surface area contributed by atoms with E-state index in [1.165, 1.54) is 6.07 Å². The zero-order valence-corrected chi connectivity index (χ0v) is 12.1. The third kappa shape index (κ3) is 4.21. The van der Waals surface area contributed by atoms with Gasteiger partial charge in [0, 0.05) is 23.9 Å². The number of ether oxygens (including phenoxy) is 1. The molecule has 5 heteroatoms. The van der Waals surface area contributed by atoms with Gasteiger partial charge in [-0.05, 0) is 37.1 Å². The third-order valence-electron chi connectivity index (χ3n) is 3.10. The van der Waals surface area contributed by atoms with E-state index in [2.05, 4.69) is 10.3 Å². The number of aryl methyl sites for hydroxylation is 1. The summed E-state index contributed by atoms with van der Waals surface area (Å²) in [4.78, 5) is 25.9. The quantitative estimate of drug-likeness (QED) is 0.878. The van der Waals surface area contributed by atoms with E-state index in [0.717, 1.165) is 17.7 Å². The second-order valence-electron chi connectivity index (χ2n) is 4.77. The Bertz CT molecular complexity index is 675. The fourth-order valence-electron chi connectivity index (χ4n) is 2.03. The van der Waals surface area contributed by atoms with E-state index < -0.39 is 0 Å². The predicted molar refractivity (Wildman–Crippen MR) is 80.8 cm³/mol. The summed E-state index contributed by atoms with van der Waals surface area (Å²) in [7, 11) is 1.62. The van der Waals surface area contributed by atoms with Crippen LogP contribution in [0.2, 0.25) is 0 Å². The predicted octanol–water partition coefficient (Wildman–Crippen LogP) is 1.66. The number of aromatic nitrogens is 1. The summed E-state index contributed by atoms with van der Waals surface area (Å²) in [6.07, 6.45) is 0.720. The largest absolute Gasteiger partial charge is 0.497 e. The second kappa shape index (κ2) is 6.74. The van der Waals surface area contributed by atoms with Crippen molar-refractivity contribution in [3.8, 4) is 5.75 Å². The lowest BCUT2D eigenvalue weighted by molar-refractivity contribution is 0.0954. The molecule has 1 aromatic heterocycles. The van der Waals surface area contributed by atoms with Gasteiger partial charge in [-0.25, -0.2) is 0 Å². The van der Waals surface area contributed by atoms with Crippen molar-refractivity contribution in [2.45, 2.75) is 13.3 Å². The molecule has 0 aliphatic heterocycles. The smallest absolute Gasteiger partial charge is 0.251 e. The van der Waals surface area contributed by atoms with Crippen LogP contribution in [0.1, 0.15) is 21.6 Å².